The highest BCUT2D eigenvalue weighted by Crippen LogP contribution is 2.12. The van der Waals surface area contributed by atoms with Crippen molar-refractivity contribution >= 4 is 21.8 Å². The van der Waals surface area contributed by atoms with Crippen molar-refractivity contribution in [1.82, 2.24) is 4.90 Å². The molecule has 1 amide bonds. The van der Waals surface area contributed by atoms with E-state index in [1.807, 2.05) is 18.7 Å². The van der Waals surface area contributed by atoms with Crippen LogP contribution in [0.15, 0.2) is 16.7 Å². The Morgan fingerprint density at radius 2 is 2.33 bits per heavy atom. The Labute approximate surface area is 98.6 Å². The Morgan fingerprint density at radius 3 is 2.80 bits per heavy atom. The second-order valence-corrected chi connectivity index (χ2v) is 4.11. The quantitative estimate of drug-likeness (QED) is 0.773. The first kappa shape index (κ1) is 12.3. The Kier molecular flexibility index (Phi) is 4.88. The highest BCUT2D eigenvalue weighted by Gasteiger charge is 2.17. The van der Waals surface area contributed by atoms with Crippen LogP contribution in [-0.2, 0) is 0 Å². The van der Waals surface area contributed by atoms with Gasteiger partial charge in [0, 0.05) is 18.4 Å². The molecule has 0 atom stereocenters. The van der Waals surface area contributed by atoms with Gasteiger partial charge in [-0.05, 0) is 26.3 Å². The zero-order chi connectivity index (χ0) is 11.3. The zero-order valence-corrected chi connectivity index (χ0v) is 10.7. The third-order valence-corrected chi connectivity index (χ3v) is 2.88. The van der Waals surface area contributed by atoms with Gasteiger partial charge in [-0.15, -0.1) is 0 Å². The van der Waals surface area contributed by atoms with Crippen molar-refractivity contribution in [3.8, 4) is 0 Å². The van der Waals surface area contributed by atoms with Crippen molar-refractivity contribution in [3.05, 3.63) is 23.7 Å². The van der Waals surface area contributed by atoms with Gasteiger partial charge in [-0.1, -0.05) is 15.9 Å². The number of alkyl halides is 1. The van der Waals surface area contributed by atoms with Gasteiger partial charge in [0.2, 0.25) is 0 Å². The van der Waals surface area contributed by atoms with E-state index in [1.54, 1.807) is 12.3 Å². The van der Waals surface area contributed by atoms with Crippen LogP contribution in [0.4, 0.5) is 0 Å². The van der Waals surface area contributed by atoms with E-state index in [1.165, 1.54) is 0 Å². The lowest BCUT2D eigenvalue weighted by Gasteiger charge is -2.19. The van der Waals surface area contributed by atoms with E-state index in [0.717, 1.165) is 24.8 Å². The van der Waals surface area contributed by atoms with Gasteiger partial charge in [0.05, 0.1) is 11.8 Å². The van der Waals surface area contributed by atoms with Gasteiger partial charge in [-0.25, -0.2) is 0 Å². The van der Waals surface area contributed by atoms with Crippen LogP contribution in [-0.4, -0.2) is 29.2 Å². The van der Waals surface area contributed by atoms with E-state index >= 15 is 0 Å². The van der Waals surface area contributed by atoms with Crippen LogP contribution in [0.5, 0.6) is 0 Å². The molecule has 15 heavy (non-hydrogen) atoms. The maximum atomic E-state index is 12.0. The number of rotatable bonds is 5. The van der Waals surface area contributed by atoms with Gasteiger partial charge in [-0.3, -0.25) is 4.79 Å². The molecule has 0 fully saturated rings. The van der Waals surface area contributed by atoms with E-state index in [2.05, 4.69) is 15.9 Å². The largest absolute Gasteiger partial charge is 0.469 e. The van der Waals surface area contributed by atoms with Crippen LogP contribution in [0.1, 0.15) is 29.5 Å². The Morgan fingerprint density at radius 1 is 1.60 bits per heavy atom. The number of amides is 1. The first-order valence-corrected chi connectivity index (χ1v) is 6.22. The summed E-state index contributed by atoms with van der Waals surface area (Å²) in [5.74, 6) is 0.752. The summed E-state index contributed by atoms with van der Waals surface area (Å²) in [6.45, 7) is 5.31. The molecule has 0 radical (unpaired) electrons. The molecule has 0 aliphatic carbocycles. The van der Waals surface area contributed by atoms with Crippen LogP contribution >= 0.6 is 15.9 Å². The average molecular weight is 274 g/mol. The number of hydrogen-bond acceptors (Lipinski definition) is 2. The Balaban J connectivity index is 2.69. The molecule has 0 unspecified atom stereocenters. The van der Waals surface area contributed by atoms with Crippen molar-refractivity contribution in [2.45, 2.75) is 20.3 Å². The third kappa shape index (κ3) is 3.09. The van der Waals surface area contributed by atoms with Crippen LogP contribution in [0.25, 0.3) is 0 Å². The number of furan rings is 1. The molecule has 84 valence electrons. The van der Waals surface area contributed by atoms with Gasteiger partial charge in [0.15, 0.2) is 0 Å². The molecule has 1 rings (SSSR count). The third-order valence-electron chi connectivity index (χ3n) is 2.32. The molecule has 0 bridgehead atoms. The predicted octanol–water partition coefficient (Wildman–Crippen LogP) is 2.84. The smallest absolute Gasteiger partial charge is 0.257 e. The molecular formula is C11H16BrNO2. The summed E-state index contributed by atoms with van der Waals surface area (Å²) in [6, 6.07) is 1.73. The van der Waals surface area contributed by atoms with Gasteiger partial charge >= 0.3 is 0 Å². The summed E-state index contributed by atoms with van der Waals surface area (Å²) in [5.41, 5.74) is 0.673. The van der Waals surface area contributed by atoms with Crippen molar-refractivity contribution in [2.24, 2.45) is 0 Å². The monoisotopic (exact) mass is 273 g/mol. The standard InChI is InChI=1S/C11H16BrNO2/c1-3-13(7-4-6-12)11(14)10-5-8-15-9(10)2/h5,8H,3-4,6-7H2,1-2H3. The number of carbonyl (C=O) groups is 1. The van der Waals surface area contributed by atoms with Crippen LogP contribution in [0.3, 0.4) is 0 Å². The van der Waals surface area contributed by atoms with Crippen molar-refractivity contribution in [1.29, 1.82) is 0 Å². The lowest BCUT2D eigenvalue weighted by molar-refractivity contribution is 0.0763. The lowest BCUT2D eigenvalue weighted by atomic mass is 10.2. The highest BCUT2D eigenvalue weighted by molar-refractivity contribution is 9.09. The van der Waals surface area contributed by atoms with Crippen LogP contribution < -0.4 is 0 Å². The molecule has 1 aromatic rings. The minimum atomic E-state index is 0.0599. The average Bonchev–Trinajstić information content (AvgIpc) is 2.65. The van der Waals surface area contributed by atoms with E-state index in [-0.39, 0.29) is 5.91 Å². The van der Waals surface area contributed by atoms with Gasteiger partial charge < -0.3 is 9.32 Å². The summed E-state index contributed by atoms with van der Waals surface area (Å²) in [5, 5.41) is 0.918. The first-order chi connectivity index (χ1) is 7.20. The van der Waals surface area contributed by atoms with Crippen molar-refractivity contribution in [3.63, 3.8) is 0 Å². The molecule has 0 N–H and O–H groups in total. The fourth-order valence-corrected chi connectivity index (χ4v) is 1.68. The number of carbonyl (C=O) groups excluding carboxylic acids is 1. The number of aryl methyl sites for hydroxylation is 1. The van der Waals surface area contributed by atoms with E-state index in [9.17, 15) is 4.79 Å². The van der Waals surface area contributed by atoms with Crippen LogP contribution in [0, 0.1) is 6.92 Å². The maximum Gasteiger partial charge on any atom is 0.257 e. The second kappa shape index (κ2) is 5.95. The van der Waals surface area contributed by atoms with Gasteiger partial charge in [-0.2, -0.15) is 0 Å². The fourth-order valence-electron chi connectivity index (χ4n) is 1.43. The van der Waals surface area contributed by atoms with Crippen molar-refractivity contribution < 1.29 is 9.21 Å². The molecule has 0 saturated heterocycles. The summed E-state index contributed by atoms with van der Waals surface area (Å²) in [6.07, 6.45) is 2.53. The molecule has 0 saturated carbocycles. The number of halogens is 1. The van der Waals surface area contributed by atoms with Gasteiger partial charge in [0.1, 0.15) is 5.76 Å². The van der Waals surface area contributed by atoms with Crippen LogP contribution in [0.2, 0.25) is 0 Å². The Hall–Kier alpha value is -0.770. The molecule has 1 heterocycles. The number of hydrogen-bond donors (Lipinski definition) is 0. The maximum absolute atomic E-state index is 12.0. The molecule has 1 aromatic heterocycles. The number of nitrogens with zero attached hydrogens (tertiary/aromatic N) is 1. The second-order valence-electron chi connectivity index (χ2n) is 3.32. The molecule has 0 aromatic carbocycles. The lowest BCUT2D eigenvalue weighted by Crippen LogP contribution is -2.32. The van der Waals surface area contributed by atoms with E-state index in [0.29, 0.717) is 11.3 Å². The predicted molar refractivity (Wildman–Crippen MR) is 63.4 cm³/mol. The van der Waals surface area contributed by atoms with E-state index < -0.39 is 0 Å². The molecule has 0 aliphatic rings. The van der Waals surface area contributed by atoms with Crippen molar-refractivity contribution in [2.75, 3.05) is 18.4 Å². The minimum absolute atomic E-state index is 0.0599. The summed E-state index contributed by atoms with van der Waals surface area (Å²) in [7, 11) is 0. The summed E-state index contributed by atoms with van der Waals surface area (Å²) >= 11 is 3.36. The summed E-state index contributed by atoms with van der Waals surface area (Å²) in [4.78, 5) is 13.8. The molecule has 0 spiro atoms. The summed E-state index contributed by atoms with van der Waals surface area (Å²) < 4.78 is 5.13. The normalized spacial score (nSPS) is 10.3. The minimum Gasteiger partial charge on any atom is -0.469 e. The molecule has 4 heteroatoms. The molecular weight excluding hydrogens is 258 g/mol. The van der Waals surface area contributed by atoms with Gasteiger partial charge in [0.25, 0.3) is 5.91 Å². The van der Waals surface area contributed by atoms with E-state index in [4.69, 9.17) is 4.42 Å². The fraction of sp³-hybridized carbons (Fsp3) is 0.545. The zero-order valence-electron chi connectivity index (χ0n) is 9.12. The highest BCUT2D eigenvalue weighted by atomic mass is 79.9. The topological polar surface area (TPSA) is 33.5 Å². The first-order valence-electron chi connectivity index (χ1n) is 5.10. The molecule has 3 nitrogen and oxygen atoms in total. The molecule has 0 aliphatic heterocycles. The SMILES string of the molecule is CCN(CCCBr)C(=O)c1ccoc1C. The Bertz CT molecular complexity index is 322.